The van der Waals surface area contributed by atoms with Crippen molar-refractivity contribution in [2.75, 3.05) is 18.0 Å². The van der Waals surface area contributed by atoms with Crippen LogP contribution in [0.5, 0.6) is 0 Å². The third-order valence-corrected chi connectivity index (χ3v) is 4.23. The van der Waals surface area contributed by atoms with Crippen LogP contribution in [0.2, 0.25) is 0 Å². The largest absolute Gasteiger partial charge is 0.481 e. The Kier molecular flexibility index (Phi) is 3.54. The van der Waals surface area contributed by atoms with Gasteiger partial charge in [0, 0.05) is 23.2 Å². The molecule has 0 saturated carbocycles. The van der Waals surface area contributed by atoms with Crippen LogP contribution in [-0.4, -0.2) is 30.1 Å². The molecule has 1 saturated heterocycles. The lowest BCUT2D eigenvalue weighted by Gasteiger charge is -2.22. The van der Waals surface area contributed by atoms with Gasteiger partial charge in [-0.25, -0.2) is 0 Å². The van der Waals surface area contributed by atoms with Gasteiger partial charge >= 0.3 is 5.97 Å². The first kappa shape index (κ1) is 13.9. The zero-order valence-electron chi connectivity index (χ0n) is 10.5. The van der Waals surface area contributed by atoms with Crippen LogP contribution in [0, 0.1) is 5.41 Å². The fraction of sp³-hybridized carbons (Fsp3) is 0.385. The minimum Gasteiger partial charge on any atom is -0.481 e. The first-order valence-corrected chi connectivity index (χ1v) is 6.70. The van der Waals surface area contributed by atoms with Gasteiger partial charge in [0.25, 0.3) is 0 Å². The summed E-state index contributed by atoms with van der Waals surface area (Å²) in [6, 6.07) is 5.24. The molecule has 1 amide bonds. The molecule has 1 unspecified atom stereocenters. The van der Waals surface area contributed by atoms with Crippen molar-refractivity contribution in [2.24, 2.45) is 11.1 Å². The number of hydrogen-bond acceptors (Lipinski definition) is 3. The van der Waals surface area contributed by atoms with E-state index < -0.39 is 17.3 Å². The molecule has 0 spiro atoms. The topological polar surface area (TPSA) is 83.6 Å². The molecule has 102 valence electrons. The molecule has 1 fully saturated rings. The Bertz CT molecular complexity index is 547. The van der Waals surface area contributed by atoms with Gasteiger partial charge in [-0.15, -0.1) is 0 Å². The molecular formula is C13H15BrN2O3. The van der Waals surface area contributed by atoms with Gasteiger partial charge in [0.15, 0.2) is 0 Å². The number of primary amides is 1. The third-order valence-electron chi connectivity index (χ3n) is 3.57. The van der Waals surface area contributed by atoms with Gasteiger partial charge in [-0.3, -0.25) is 9.59 Å². The Hall–Kier alpha value is -1.56. The van der Waals surface area contributed by atoms with E-state index in [1.165, 1.54) is 0 Å². The maximum atomic E-state index is 11.2. The van der Waals surface area contributed by atoms with Crippen LogP contribution >= 0.6 is 15.9 Å². The predicted octanol–water partition coefficient (Wildman–Crippen LogP) is 1.85. The number of anilines is 1. The summed E-state index contributed by atoms with van der Waals surface area (Å²) in [4.78, 5) is 24.4. The van der Waals surface area contributed by atoms with Crippen molar-refractivity contribution in [1.82, 2.24) is 0 Å². The number of hydrogen-bond donors (Lipinski definition) is 2. The highest BCUT2D eigenvalue weighted by Gasteiger charge is 2.40. The first-order chi connectivity index (χ1) is 8.83. The lowest BCUT2D eigenvalue weighted by Crippen LogP contribution is -2.31. The molecule has 0 aliphatic carbocycles. The second-order valence-corrected chi connectivity index (χ2v) is 5.92. The van der Waals surface area contributed by atoms with E-state index >= 15 is 0 Å². The monoisotopic (exact) mass is 326 g/mol. The number of halogens is 1. The van der Waals surface area contributed by atoms with E-state index in [1.807, 2.05) is 4.90 Å². The minimum absolute atomic E-state index is 0.420. The van der Waals surface area contributed by atoms with Crippen LogP contribution in [0.25, 0.3) is 0 Å². The van der Waals surface area contributed by atoms with Crippen molar-refractivity contribution >= 4 is 33.5 Å². The zero-order valence-corrected chi connectivity index (χ0v) is 12.1. The number of aliphatic carboxylic acids is 1. The fourth-order valence-corrected chi connectivity index (χ4v) is 2.82. The van der Waals surface area contributed by atoms with Gasteiger partial charge in [0.1, 0.15) is 0 Å². The van der Waals surface area contributed by atoms with Crippen molar-refractivity contribution in [3.63, 3.8) is 0 Å². The number of carbonyl (C=O) groups is 2. The van der Waals surface area contributed by atoms with E-state index in [0.717, 1.165) is 5.69 Å². The molecule has 0 aromatic heterocycles. The SMILES string of the molecule is CC1(C(=O)O)CCN(c2ccc(C(N)=O)c(Br)c2)C1. The highest BCUT2D eigenvalue weighted by Crippen LogP contribution is 2.34. The number of carboxylic acids is 1. The van der Waals surface area contributed by atoms with Crippen molar-refractivity contribution in [3.8, 4) is 0 Å². The molecule has 0 radical (unpaired) electrons. The van der Waals surface area contributed by atoms with Gasteiger partial charge in [-0.05, 0) is 47.5 Å². The maximum Gasteiger partial charge on any atom is 0.311 e. The van der Waals surface area contributed by atoms with Crippen LogP contribution in [0.15, 0.2) is 22.7 Å². The maximum absolute atomic E-state index is 11.2. The number of nitrogens with zero attached hydrogens (tertiary/aromatic N) is 1. The highest BCUT2D eigenvalue weighted by molar-refractivity contribution is 9.10. The number of amides is 1. The lowest BCUT2D eigenvalue weighted by molar-refractivity contribution is -0.146. The molecule has 1 atom stereocenters. The van der Waals surface area contributed by atoms with Crippen molar-refractivity contribution in [3.05, 3.63) is 28.2 Å². The molecule has 3 N–H and O–H groups in total. The molecule has 2 rings (SSSR count). The van der Waals surface area contributed by atoms with E-state index in [0.29, 0.717) is 29.5 Å². The van der Waals surface area contributed by atoms with Crippen LogP contribution in [-0.2, 0) is 4.79 Å². The third kappa shape index (κ3) is 2.58. The predicted molar refractivity (Wildman–Crippen MR) is 75.2 cm³/mol. The summed E-state index contributed by atoms with van der Waals surface area (Å²) in [7, 11) is 0. The van der Waals surface area contributed by atoms with Crippen molar-refractivity contribution in [2.45, 2.75) is 13.3 Å². The van der Waals surface area contributed by atoms with Gasteiger partial charge in [0.2, 0.25) is 5.91 Å². The summed E-state index contributed by atoms with van der Waals surface area (Å²) in [5, 5.41) is 9.21. The summed E-state index contributed by atoms with van der Waals surface area (Å²) in [5.41, 5.74) is 5.84. The van der Waals surface area contributed by atoms with Crippen molar-refractivity contribution in [1.29, 1.82) is 0 Å². The van der Waals surface area contributed by atoms with Gasteiger partial charge < -0.3 is 15.7 Å². The quantitative estimate of drug-likeness (QED) is 0.887. The summed E-state index contributed by atoms with van der Waals surface area (Å²) >= 11 is 3.31. The normalized spacial score (nSPS) is 22.5. The minimum atomic E-state index is -0.775. The number of benzene rings is 1. The summed E-state index contributed by atoms with van der Waals surface area (Å²) < 4.78 is 0.626. The van der Waals surface area contributed by atoms with Crippen LogP contribution < -0.4 is 10.6 Å². The average Bonchev–Trinajstić information content (AvgIpc) is 2.73. The second kappa shape index (κ2) is 4.85. The Morgan fingerprint density at radius 2 is 2.16 bits per heavy atom. The summed E-state index contributed by atoms with van der Waals surface area (Å²) in [6.45, 7) is 2.90. The van der Waals surface area contributed by atoms with Gasteiger partial charge in [0.05, 0.1) is 11.0 Å². The Labute approximate surface area is 119 Å². The Morgan fingerprint density at radius 3 is 2.63 bits per heavy atom. The lowest BCUT2D eigenvalue weighted by atomic mass is 9.90. The average molecular weight is 327 g/mol. The van der Waals surface area contributed by atoms with Gasteiger partial charge in [-0.2, -0.15) is 0 Å². The zero-order chi connectivity index (χ0) is 14.2. The van der Waals surface area contributed by atoms with E-state index in [-0.39, 0.29) is 0 Å². The number of carboxylic acid groups (broad SMARTS) is 1. The molecule has 19 heavy (non-hydrogen) atoms. The van der Waals surface area contributed by atoms with Gasteiger partial charge in [-0.1, -0.05) is 0 Å². The number of carbonyl (C=O) groups excluding carboxylic acids is 1. The highest BCUT2D eigenvalue weighted by atomic mass is 79.9. The molecular weight excluding hydrogens is 312 g/mol. The molecule has 1 aromatic rings. The van der Waals surface area contributed by atoms with E-state index in [4.69, 9.17) is 5.73 Å². The second-order valence-electron chi connectivity index (χ2n) is 5.07. The number of nitrogens with two attached hydrogens (primary N) is 1. The first-order valence-electron chi connectivity index (χ1n) is 5.91. The molecule has 1 heterocycles. The van der Waals surface area contributed by atoms with Crippen molar-refractivity contribution < 1.29 is 14.7 Å². The fourth-order valence-electron chi connectivity index (χ4n) is 2.26. The molecule has 0 bridgehead atoms. The smallest absolute Gasteiger partial charge is 0.311 e. The van der Waals surface area contributed by atoms with E-state index in [2.05, 4.69) is 15.9 Å². The van der Waals surface area contributed by atoms with E-state index in [1.54, 1.807) is 25.1 Å². The van der Waals surface area contributed by atoms with Crippen LogP contribution in [0.1, 0.15) is 23.7 Å². The molecule has 1 aliphatic heterocycles. The molecule has 1 aromatic carbocycles. The van der Waals surface area contributed by atoms with Crippen LogP contribution in [0.3, 0.4) is 0 Å². The van der Waals surface area contributed by atoms with Crippen LogP contribution in [0.4, 0.5) is 5.69 Å². The molecule has 1 aliphatic rings. The number of rotatable bonds is 3. The molecule has 5 nitrogen and oxygen atoms in total. The summed E-state index contributed by atoms with van der Waals surface area (Å²) in [5.74, 6) is -1.27. The Morgan fingerprint density at radius 1 is 1.47 bits per heavy atom. The Balaban J connectivity index is 2.23. The van der Waals surface area contributed by atoms with E-state index in [9.17, 15) is 14.7 Å². The summed E-state index contributed by atoms with van der Waals surface area (Å²) in [6.07, 6.45) is 0.609. The molecule has 6 heteroatoms. The standard InChI is InChI=1S/C13H15BrN2O3/c1-13(12(18)19)4-5-16(7-13)8-2-3-9(11(15)17)10(14)6-8/h2-3,6H,4-5,7H2,1H3,(H2,15,17)(H,18,19).